The molecule has 84 valence electrons. The molecule has 1 atom stereocenters. The van der Waals surface area contributed by atoms with Crippen LogP contribution in [0.4, 0.5) is 5.82 Å². The van der Waals surface area contributed by atoms with Gasteiger partial charge in [-0.3, -0.25) is 9.58 Å². The second-order valence-corrected chi connectivity index (χ2v) is 4.38. The van der Waals surface area contributed by atoms with Crippen LogP contribution >= 0.6 is 0 Å². The van der Waals surface area contributed by atoms with E-state index in [0.717, 1.165) is 19.1 Å². The fourth-order valence-corrected chi connectivity index (χ4v) is 2.22. The van der Waals surface area contributed by atoms with Gasteiger partial charge in [0, 0.05) is 18.8 Å². The van der Waals surface area contributed by atoms with Crippen LogP contribution in [0, 0.1) is 0 Å². The molecule has 2 heterocycles. The molecule has 1 fully saturated rings. The van der Waals surface area contributed by atoms with E-state index in [0.29, 0.717) is 5.82 Å². The Morgan fingerprint density at radius 1 is 1.47 bits per heavy atom. The standard InChI is InChI=1S/C11H20N4/c1-10-4-2-3-6-14(10)8-9-15-7-5-11(12)13-15/h5,7,10H,2-4,6,8-9H2,1H3,(H2,12,13). The zero-order valence-corrected chi connectivity index (χ0v) is 9.39. The van der Waals surface area contributed by atoms with Gasteiger partial charge in [0.2, 0.25) is 0 Å². The van der Waals surface area contributed by atoms with E-state index < -0.39 is 0 Å². The molecule has 1 aromatic heterocycles. The molecule has 0 amide bonds. The average Bonchev–Trinajstić information content (AvgIpc) is 2.63. The number of anilines is 1. The number of nitrogen functional groups attached to an aromatic ring is 1. The molecule has 1 saturated heterocycles. The highest BCUT2D eigenvalue weighted by molar-refractivity contribution is 5.23. The highest BCUT2D eigenvalue weighted by Crippen LogP contribution is 2.15. The van der Waals surface area contributed by atoms with Crippen molar-refractivity contribution in [3.8, 4) is 0 Å². The average molecular weight is 208 g/mol. The van der Waals surface area contributed by atoms with Crippen LogP contribution in [-0.4, -0.2) is 33.8 Å². The van der Waals surface area contributed by atoms with Crippen molar-refractivity contribution < 1.29 is 0 Å². The molecule has 4 nitrogen and oxygen atoms in total. The van der Waals surface area contributed by atoms with E-state index >= 15 is 0 Å². The zero-order valence-electron chi connectivity index (χ0n) is 9.39. The van der Waals surface area contributed by atoms with Crippen LogP contribution < -0.4 is 5.73 Å². The summed E-state index contributed by atoms with van der Waals surface area (Å²) < 4.78 is 1.93. The van der Waals surface area contributed by atoms with Crippen molar-refractivity contribution in [2.45, 2.75) is 38.8 Å². The minimum absolute atomic E-state index is 0.613. The number of hydrogen-bond donors (Lipinski definition) is 1. The highest BCUT2D eigenvalue weighted by Gasteiger charge is 2.17. The Bertz CT molecular complexity index is 307. The lowest BCUT2D eigenvalue weighted by molar-refractivity contribution is 0.153. The van der Waals surface area contributed by atoms with Gasteiger partial charge in [0.25, 0.3) is 0 Å². The van der Waals surface area contributed by atoms with Gasteiger partial charge in [-0.05, 0) is 32.4 Å². The van der Waals surface area contributed by atoms with Crippen LogP contribution in [0.15, 0.2) is 12.3 Å². The number of nitrogens with two attached hydrogens (primary N) is 1. The first-order chi connectivity index (χ1) is 7.25. The number of likely N-dealkylation sites (tertiary alicyclic amines) is 1. The molecule has 0 aliphatic carbocycles. The summed E-state index contributed by atoms with van der Waals surface area (Å²) in [6, 6.07) is 2.58. The molecule has 0 saturated carbocycles. The smallest absolute Gasteiger partial charge is 0.145 e. The van der Waals surface area contributed by atoms with Crippen molar-refractivity contribution in [1.82, 2.24) is 14.7 Å². The van der Waals surface area contributed by atoms with Crippen molar-refractivity contribution in [2.24, 2.45) is 0 Å². The van der Waals surface area contributed by atoms with E-state index in [1.165, 1.54) is 25.8 Å². The SMILES string of the molecule is CC1CCCCN1CCn1ccc(N)n1. The van der Waals surface area contributed by atoms with E-state index in [1.54, 1.807) is 0 Å². The summed E-state index contributed by atoms with van der Waals surface area (Å²) in [5.41, 5.74) is 5.57. The fourth-order valence-electron chi connectivity index (χ4n) is 2.22. The van der Waals surface area contributed by atoms with Crippen LogP contribution in [0.25, 0.3) is 0 Å². The summed E-state index contributed by atoms with van der Waals surface area (Å²) in [5.74, 6) is 0.613. The predicted octanol–water partition coefficient (Wildman–Crippen LogP) is 1.34. The number of aromatic nitrogens is 2. The molecular formula is C11H20N4. The Kier molecular flexibility index (Phi) is 3.26. The molecular weight excluding hydrogens is 188 g/mol. The van der Waals surface area contributed by atoms with Crippen molar-refractivity contribution in [1.29, 1.82) is 0 Å². The van der Waals surface area contributed by atoms with Crippen molar-refractivity contribution in [3.63, 3.8) is 0 Å². The molecule has 0 radical (unpaired) electrons. The lowest BCUT2D eigenvalue weighted by atomic mass is 10.0. The quantitative estimate of drug-likeness (QED) is 0.815. The first kappa shape index (κ1) is 10.5. The van der Waals surface area contributed by atoms with Crippen LogP contribution in [-0.2, 0) is 6.54 Å². The van der Waals surface area contributed by atoms with E-state index in [2.05, 4.69) is 16.9 Å². The monoisotopic (exact) mass is 208 g/mol. The minimum Gasteiger partial charge on any atom is -0.382 e. The molecule has 1 unspecified atom stereocenters. The van der Waals surface area contributed by atoms with Crippen molar-refractivity contribution in [3.05, 3.63) is 12.3 Å². The molecule has 1 aliphatic rings. The number of hydrogen-bond acceptors (Lipinski definition) is 3. The predicted molar refractivity (Wildman–Crippen MR) is 61.5 cm³/mol. The lowest BCUT2D eigenvalue weighted by Gasteiger charge is -2.33. The van der Waals surface area contributed by atoms with Crippen LogP contribution in [0.2, 0.25) is 0 Å². The Hall–Kier alpha value is -1.03. The fraction of sp³-hybridized carbons (Fsp3) is 0.727. The molecule has 15 heavy (non-hydrogen) atoms. The molecule has 0 aromatic carbocycles. The van der Waals surface area contributed by atoms with Gasteiger partial charge in [-0.25, -0.2) is 0 Å². The first-order valence-electron chi connectivity index (χ1n) is 5.78. The van der Waals surface area contributed by atoms with Gasteiger partial charge in [-0.2, -0.15) is 5.10 Å². The summed E-state index contributed by atoms with van der Waals surface area (Å²) in [4.78, 5) is 2.54. The van der Waals surface area contributed by atoms with Gasteiger partial charge >= 0.3 is 0 Å². The third-order valence-corrected chi connectivity index (χ3v) is 3.22. The number of nitrogens with zero attached hydrogens (tertiary/aromatic N) is 3. The van der Waals surface area contributed by atoms with Gasteiger partial charge < -0.3 is 5.73 Å². The largest absolute Gasteiger partial charge is 0.382 e. The van der Waals surface area contributed by atoms with Crippen LogP contribution in [0.5, 0.6) is 0 Å². The van der Waals surface area contributed by atoms with Crippen molar-refractivity contribution >= 4 is 5.82 Å². The second-order valence-electron chi connectivity index (χ2n) is 4.38. The molecule has 2 rings (SSSR count). The maximum atomic E-state index is 5.57. The molecule has 1 aliphatic heterocycles. The Morgan fingerprint density at radius 3 is 3.00 bits per heavy atom. The minimum atomic E-state index is 0.613. The second kappa shape index (κ2) is 4.66. The maximum absolute atomic E-state index is 5.57. The van der Waals surface area contributed by atoms with Gasteiger partial charge in [-0.15, -0.1) is 0 Å². The van der Waals surface area contributed by atoms with Crippen LogP contribution in [0.1, 0.15) is 26.2 Å². The maximum Gasteiger partial charge on any atom is 0.145 e. The van der Waals surface area contributed by atoms with E-state index in [-0.39, 0.29) is 0 Å². The van der Waals surface area contributed by atoms with Gasteiger partial charge in [0.05, 0.1) is 6.54 Å². The van der Waals surface area contributed by atoms with Gasteiger partial charge in [-0.1, -0.05) is 6.42 Å². The Morgan fingerprint density at radius 2 is 2.33 bits per heavy atom. The van der Waals surface area contributed by atoms with E-state index in [4.69, 9.17) is 5.73 Å². The van der Waals surface area contributed by atoms with E-state index in [1.807, 2.05) is 16.9 Å². The van der Waals surface area contributed by atoms with Crippen molar-refractivity contribution in [2.75, 3.05) is 18.8 Å². The van der Waals surface area contributed by atoms with E-state index in [9.17, 15) is 0 Å². The summed E-state index contributed by atoms with van der Waals surface area (Å²) in [5, 5.41) is 4.19. The Labute approximate surface area is 91.1 Å². The van der Waals surface area contributed by atoms with Crippen LogP contribution in [0.3, 0.4) is 0 Å². The molecule has 2 N–H and O–H groups in total. The normalized spacial score (nSPS) is 23.1. The summed E-state index contributed by atoms with van der Waals surface area (Å²) >= 11 is 0. The highest BCUT2D eigenvalue weighted by atomic mass is 15.3. The summed E-state index contributed by atoms with van der Waals surface area (Å²) in [7, 11) is 0. The lowest BCUT2D eigenvalue weighted by Crippen LogP contribution is -2.39. The zero-order chi connectivity index (χ0) is 10.7. The summed E-state index contributed by atoms with van der Waals surface area (Å²) in [6.45, 7) is 5.58. The third-order valence-electron chi connectivity index (χ3n) is 3.22. The molecule has 0 bridgehead atoms. The summed E-state index contributed by atoms with van der Waals surface area (Å²) in [6.07, 6.45) is 6.00. The Balaban J connectivity index is 1.81. The topological polar surface area (TPSA) is 47.1 Å². The molecule has 0 spiro atoms. The van der Waals surface area contributed by atoms with Gasteiger partial charge in [0.15, 0.2) is 0 Å². The first-order valence-corrected chi connectivity index (χ1v) is 5.78. The van der Waals surface area contributed by atoms with Gasteiger partial charge in [0.1, 0.15) is 5.82 Å². The number of rotatable bonds is 3. The third kappa shape index (κ3) is 2.72. The molecule has 1 aromatic rings. The number of piperidine rings is 1. The molecule has 4 heteroatoms.